The third kappa shape index (κ3) is 2.55. The molecule has 0 amide bonds. The van der Waals surface area contributed by atoms with Gasteiger partial charge < -0.3 is 14.8 Å². The highest BCUT2D eigenvalue weighted by Gasteiger charge is 2.28. The van der Waals surface area contributed by atoms with E-state index in [-0.39, 0.29) is 16.9 Å². The number of fused-ring (bicyclic) bond motifs is 1. The van der Waals surface area contributed by atoms with Gasteiger partial charge in [-0.05, 0) is 19.5 Å². The van der Waals surface area contributed by atoms with Gasteiger partial charge >= 0.3 is 0 Å². The minimum Gasteiger partial charge on any atom is -0.369 e. The molecule has 3 unspecified atom stereocenters. The van der Waals surface area contributed by atoms with E-state index in [1.807, 2.05) is 23.0 Å². The molecule has 1 saturated heterocycles. The zero-order chi connectivity index (χ0) is 14.1. The molecule has 0 spiro atoms. The SMILES string of the molecule is CPOCC1CCC(n2cnc3c(=O)[nH]c(N)nc32)S1. The van der Waals surface area contributed by atoms with Crippen LogP contribution in [0.4, 0.5) is 5.95 Å². The number of imidazole rings is 1. The second kappa shape index (κ2) is 5.71. The van der Waals surface area contributed by atoms with Gasteiger partial charge in [-0.3, -0.25) is 9.78 Å². The number of anilines is 1. The van der Waals surface area contributed by atoms with Gasteiger partial charge in [0, 0.05) is 14.1 Å². The topological polar surface area (TPSA) is 98.8 Å². The first kappa shape index (κ1) is 13.9. The second-order valence-corrected chi connectivity index (χ2v) is 6.76. The van der Waals surface area contributed by atoms with Crippen molar-refractivity contribution >= 4 is 37.7 Å². The average molecular weight is 313 g/mol. The first-order valence-electron chi connectivity index (χ1n) is 6.35. The fourth-order valence-electron chi connectivity index (χ4n) is 2.34. The van der Waals surface area contributed by atoms with Crippen LogP contribution in [0.15, 0.2) is 11.1 Å². The first-order chi connectivity index (χ1) is 9.69. The van der Waals surface area contributed by atoms with Gasteiger partial charge in [-0.2, -0.15) is 4.98 Å². The van der Waals surface area contributed by atoms with Crippen LogP contribution in [0.2, 0.25) is 0 Å². The lowest BCUT2D eigenvalue weighted by Gasteiger charge is -2.13. The Labute approximate surface area is 121 Å². The highest BCUT2D eigenvalue weighted by Crippen LogP contribution is 2.42. The minimum atomic E-state index is -0.290. The van der Waals surface area contributed by atoms with Crippen LogP contribution < -0.4 is 11.3 Å². The number of H-pyrrole nitrogens is 1. The molecular weight excluding hydrogens is 297 g/mol. The summed E-state index contributed by atoms with van der Waals surface area (Å²) in [5.41, 5.74) is 6.22. The van der Waals surface area contributed by atoms with Gasteiger partial charge in [0.05, 0.1) is 18.3 Å². The predicted molar refractivity (Wildman–Crippen MR) is 82.4 cm³/mol. The molecule has 9 heteroatoms. The molecular formula is C11H16N5O2PS. The van der Waals surface area contributed by atoms with E-state index in [0.29, 0.717) is 25.2 Å². The lowest BCUT2D eigenvalue weighted by Crippen LogP contribution is -2.13. The Bertz CT molecular complexity index is 672. The highest BCUT2D eigenvalue weighted by atomic mass is 32.2. The normalized spacial score (nSPS) is 23.2. The molecule has 0 bridgehead atoms. The maximum Gasteiger partial charge on any atom is 0.280 e. The molecule has 1 aliphatic heterocycles. The van der Waals surface area contributed by atoms with Crippen molar-refractivity contribution in [2.24, 2.45) is 0 Å². The van der Waals surface area contributed by atoms with Gasteiger partial charge in [0.2, 0.25) is 5.95 Å². The number of thioether (sulfide) groups is 1. The third-order valence-corrected chi connectivity index (χ3v) is 5.25. The Morgan fingerprint density at radius 2 is 2.50 bits per heavy atom. The molecule has 108 valence electrons. The standard InChI is InChI=1S/C11H16N5O2PS/c1-19-18-4-6-2-3-7(20-6)16-5-13-8-9(16)14-11(12)15-10(8)17/h5-7,19H,2-4H2,1H3,(H3,12,14,15,17). The molecule has 0 radical (unpaired) electrons. The first-order valence-corrected chi connectivity index (χ1v) is 8.70. The van der Waals surface area contributed by atoms with Crippen LogP contribution in [0.1, 0.15) is 18.2 Å². The summed E-state index contributed by atoms with van der Waals surface area (Å²) in [6.45, 7) is 2.80. The number of aromatic nitrogens is 4. The molecule has 2 aromatic heterocycles. The highest BCUT2D eigenvalue weighted by molar-refractivity contribution is 8.00. The van der Waals surface area contributed by atoms with Crippen molar-refractivity contribution in [2.75, 3.05) is 19.0 Å². The smallest absolute Gasteiger partial charge is 0.280 e. The van der Waals surface area contributed by atoms with Crippen LogP contribution in [-0.2, 0) is 4.52 Å². The van der Waals surface area contributed by atoms with Crippen LogP contribution >= 0.6 is 20.6 Å². The molecule has 1 aliphatic rings. The van der Waals surface area contributed by atoms with E-state index in [1.165, 1.54) is 0 Å². The number of aromatic amines is 1. The summed E-state index contributed by atoms with van der Waals surface area (Å²) in [4.78, 5) is 22.6. The molecule has 0 aliphatic carbocycles. The van der Waals surface area contributed by atoms with Gasteiger partial charge in [-0.1, -0.05) is 0 Å². The molecule has 3 atom stereocenters. The van der Waals surface area contributed by atoms with E-state index in [0.717, 1.165) is 19.4 Å². The quantitative estimate of drug-likeness (QED) is 0.826. The molecule has 7 nitrogen and oxygen atoms in total. The largest absolute Gasteiger partial charge is 0.369 e. The van der Waals surface area contributed by atoms with Gasteiger partial charge in [0.1, 0.15) is 0 Å². The van der Waals surface area contributed by atoms with Crippen LogP contribution in [0, 0.1) is 0 Å². The van der Waals surface area contributed by atoms with E-state index in [1.54, 1.807) is 6.33 Å². The van der Waals surface area contributed by atoms with E-state index in [4.69, 9.17) is 10.3 Å². The van der Waals surface area contributed by atoms with Gasteiger partial charge in [-0.25, -0.2) is 4.98 Å². The summed E-state index contributed by atoms with van der Waals surface area (Å²) in [6.07, 6.45) is 3.79. The van der Waals surface area contributed by atoms with Crippen molar-refractivity contribution in [3.05, 3.63) is 16.7 Å². The number of nitrogen functional groups attached to an aromatic ring is 1. The van der Waals surface area contributed by atoms with Crippen molar-refractivity contribution in [3.8, 4) is 0 Å². The Morgan fingerprint density at radius 1 is 1.65 bits per heavy atom. The number of hydrogen-bond acceptors (Lipinski definition) is 6. The van der Waals surface area contributed by atoms with E-state index >= 15 is 0 Å². The van der Waals surface area contributed by atoms with Crippen LogP contribution in [0.5, 0.6) is 0 Å². The molecule has 20 heavy (non-hydrogen) atoms. The van der Waals surface area contributed by atoms with Gasteiger partial charge in [0.15, 0.2) is 11.2 Å². The Morgan fingerprint density at radius 3 is 3.30 bits per heavy atom. The predicted octanol–water partition coefficient (Wildman–Crippen LogP) is 1.34. The fourth-order valence-corrected chi connectivity index (χ4v) is 4.25. The molecule has 3 rings (SSSR count). The number of nitrogens with zero attached hydrogens (tertiary/aromatic N) is 3. The zero-order valence-electron chi connectivity index (χ0n) is 11.0. The van der Waals surface area contributed by atoms with Crippen molar-refractivity contribution in [2.45, 2.75) is 23.5 Å². The second-order valence-electron chi connectivity index (χ2n) is 4.58. The summed E-state index contributed by atoms with van der Waals surface area (Å²) in [5, 5.41) is 0.728. The van der Waals surface area contributed by atoms with Gasteiger partial charge in [0.25, 0.3) is 5.56 Å². The summed E-state index contributed by atoms with van der Waals surface area (Å²) >= 11 is 1.84. The zero-order valence-corrected chi connectivity index (χ0v) is 12.8. The molecule has 3 heterocycles. The lowest BCUT2D eigenvalue weighted by atomic mass is 10.2. The molecule has 0 saturated carbocycles. The Kier molecular flexibility index (Phi) is 3.96. The molecule has 1 fully saturated rings. The number of hydrogen-bond donors (Lipinski definition) is 2. The van der Waals surface area contributed by atoms with Crippen molar-refractivity contribution in [1.29, 1.82) is 0 Å². The summed E-state index contributed by atoms with van der Waals surface area (Å²) in [6, 6.07) is 0. The number of rotatable bonds is 4. The Hall–Kier alpha value is -1.11. The van der Waals surface area contributed by atoms with E-state index in [2.05, 4.69) is 15.0 Å². The summed E-state index contributed by atoms with van der Waals surface area (Å²) in [7, 11) is 0.523. The van der Waals surface area contributed by atoms with Crippen molar-refractivity contribution in [3.63, 3.8) is 0 Å². The van der Waals surface area contributed by atoms with E-state index in [9.17, 15) is 4.79 Å². The molecule has 0 aromatic carbocycles. The summed E-state index contributed by atoms with van der Waals surface area (Å²) < 4.78 is 7.44. The molecule has 3 N–H and O–H groups in total. The monoisotopic (exact) mass is 313 g/mol. The fraction of sp³-hybridized carbons (Fsp3) is 0.545. The number of nitrogens with two attached hydrogens (primary N) is 1. The maximum atomic E-state index is 11.8. The maximum absolute atomic E-state index is 11.8. The van der Waals surface area contributed by atoms with Crippen LogP contribution in [0.3, 0.4) is 0 Å². The van der Waals surface area contributed by atoms with Crippen LogP contribution in [0.25, 0.3) is 11.2 Å². The average Bonchev–Trinajstić information content (AvgIpc) is 3.02. The van der Waals surface area contributed by atoms with Gasteiger partial charge in [-0.15, -0.1) is 11.8 Å². The third-order valence-electron chi connectivity index (χ3n) is 3.26. The molecule has 2 aromatic rings. The van der Waals surface area contributed by atoms with Crippen molar-refractivity contribution in [1.82, 2.24) is 19.5 Å². The lowest BCUT2D eigenvalue weighted by molar-refractivity contribution is 0.359. The van der Waals surface area contributed by atoms with Crippen molar-refractivity contribution < 1.29 is 4.52 Å². The minimum absolute atomic E-state index is 0.124. The Balaban J connectivity index is 1.87. The summed E-state index contributed by atoms with van der Waals surface area (Å²) in [5.74, 6) is 0.124. The number of nitrogens with one attached hydrogen (secondary N) is 1. The van der Waals surface area contributed by atoms with E-state index < -0.39 is 0 Å². The van der Waals surface area contributed by atoms with Crippen LogP contribution in [-0.4, -0.2) is 38.0 Å².